The lowest BCUT2D eigenvalue weighted by Gasteiger charge is -2.09. The van der Waals surface area contributed by atoms with Crippen LogP contribution in [0, 0.1) is 15.9 Å². The highest BCUT2D eigenvalue weighted by Gasteiger charge is 2.13. The molecule has 0 atom stereocenters. The van der Waals surface area contributed by atoms with E-state index in [9.17, 15) is 19.3 Å². The molecule has 0 radical (unpaired) electrons. The number of non-ortho nitro benzene ring substituents is 1. The van der Waals surface area contributed by atoms with Crippen LogP contribution in [-0.4, -0.2) is 23.8 Å². The maximum absolute atomic E-state index is 12.8. The second-order valence-electron chi connectivity index (χ2n) is 4.97. The van der Waals surface area contributed by atoms with E-state index in [0.717, 1.165) is 4.90 Å². The number of benzene rings is 2. The Hall–Kier alpha value is -2.61. The molecule has 0 aliphatic heterocycles. The highest BCUT2D eigenvalue weighted by molar-refractivity contribution is 7.99. The average Bonchev–Trinajstić information content (AvgIpc) is 2.61. The van der Waals surface area contributed by atoms with Gasteiger partial charge in [0.25, 0.3) is 5.69 Å². The van der Waals surface area contributed by atoms with Gasteiger partial charge in [-0.15, -0.1) is 11.8 Å². The summed E-state index contributed by atoms with van der Waals surface area (Å²) in [6.45, 7) is -0.106. The van der Waals surface area contributed by atoms with Gasteiger partial charge in [-0.3, -0.25) is 14.9 Å². The molecule has 0 amide bonds. The lowest BCUT2D eigenvalue weighted by atomic mass is 10.2. The van der Waals surface area contributed by atoms with E-state index in [1.54, 1.807) is 12.1 Å². The zero-order chi connectivity index (χ0) is 18.2. The van der Waals surface area contributed by atoms with Crippen molar-refractivity contribution in [3.05, 3.63) is 64.0 Å². The average molecular weight is 365 g/mol. The monoisotopic (exact) mass is 365 g/mol. The first-order valence-electron chi connectivity index (χ1n) is 7.35. The quantitative estimate of drug-likeness (QED) is 0.305. The summed E-state index contributed by atoms with van der Waals surface area (Å²) in [5, 5.41) is 10.8. The van der Waals surface area contributed by atoms with Gasteiger partial charge < -0.3 is 9.47 Å². The van der Waals surface area contributed by atoms with Crippen LogP contribution in [0.1, 0.15) is 12.0 Å². The van der Waals surface area contributed by atoms with Gasteiger partial charge in [-0.05, 0) is 30.3 Å². The van der Waals surface area contributed by atoms with Gasteiger partial charge in [0.05, 0.1) is 18.5 Å². The van der Waals surface area contributed by atoms with Gasteiger partial charge in [-0.1, -0.05) is 0 Å². The number of rotatable bonds is 8. The van der Waals surface area contributed by atoms with Gasteiger partial charge in [-0.2, -0.15) is 0 Å². The summed E-state index contributed by atoms with van der Waals surface area (Å²) in [4.78, 5) is 23.0. The summed E-state index contributed by atoms with van der Waals surface area (Å²) in [6.07, 6.45) is 0.166. The lowest BCUT2D eigenvalue weighted by molar-refractivity contribution is -0.385. The Labute approximate surface area is 148 Å². The molecule has 132 valence electrons. The maximum atomic E-state index is 12.8. The molecule has 0 spiro atoms. The first kappa shape index (κ1) is 18.7. The Morgan fingerprint density at radius 1 is 1.24 bits per heavy atom. The Kier molecular flexibility index (Phi) is 6.76. The van der Waals surface area contributed by atoms with E-state index in [1.165, 1.54) is 49.2 Å². The molecule has 8 heteroatoms. The number of hydrogen-bond acceptors (Lipinski definition) is 6. The van der Waals surface area contributed by atoms with Crippen LogP contribution in [0.5, 0.6) is 5.75 Å². The summed E-state index contributed by atoms with van der Waals surface area (Å²) in [5.41, 5.74) is 0.329. The van der Waals surface area contributed by atoms with Crippen molar-refractivity contribution >= 4 is 23.4 Å². The van der Waals surface area contributed by atoms with E-state index in [2.05, 4.69) is 0 Å². The van der Waals surface area contributed by atoms with Crippen LogP contribution in [0.15, 0.2) is 47.4 Å². The van der Waals surface area contributed by atoms with E-state index in [0.29, 0.717) is 17.1 Å². The maximum Gasteiger partial charge on any atom is 0.306 e. The number of carbonyl (C=O) groups is 1. The summed E-state index contributed by atoms with van der Waals surface area (Å²) in [5.74, 6) is 0.160. The van der Waals surface area contributed by atoms with Gasteiger partial charge in [-0.25, -0.2) is 4.39 Å². The molecular formula is C17H16FNO5S. The predicted molar refractivity (Wildman–Crippen MR) is 91.2 cm³/mol. The minimum Gasteiger partial charge on any atom is -0.496 e. The molecule has 0 heterocycles. The minimum atomic E-state index is -0.524. The van der Waals surface area contributed by atoms with Crippen LogP contribution in [0.3, 0.4) is 0 Å². The number of methoxy groups -OCH3 is 1. The Morgan fingerprint density at radius 3 is 2.60 bits per heavy atom. The molecule has 6 nitrogen and oxygen atoms in total. The van der Waals surface area contributed by atoms with E-state index >= 15 is 0 Å². The van der Waals surface area contributed by atoms with Crippen LogP contribution in [0.25, 0.3) is 0 Å². The van der Waals surface area contributed by atoms with Crippen molar-refractivity contribution in [1.82, 2.24) is 0 Å². The second-order valence-corrected chi connectivity index (χ2v) is 6.13. The molecule has 2 aromatic rings. The smallest absolute Gasteiger partial charge is 0.306 e. The highest BCUT2D eigenvalue weighted by Crippen LogP contribution is 2.25. The summed E-state index contributed by atoms with van der Waals surface area (Å²) >= 11 is 1.41. The normalized spacial score (nSPS) is 10.3. The fourth-order valence-corrected chi connectivity index (χ4v) is 2.84. The number of carbonyl (C=O) groups excluding carboxylic acids is 1. The molecule has 0 aliphatic rings. The fraction of sp³-hybridized carbons (Fsp3) is 0.235. The number of hydrogen-bond donors (Lipinski definition) is 0. The molecule has 0 aromatic heterocycles. The topological polar surface area (TPSA) is 78.7 Å². The number of nitrogens with zero attached hydrogens (tertiary/aromatic N) is 1. The Morgan fingerprint density at radius 2 is 1.96 bits per heavy atom. The van der Waals surface area contributed by atoms with E-state index < -0.39 is 10.9 Å². The number of halogens is 1. The van der Waals surface area contributed by atoms with Crippen molar-refractivity contribution in [1.29, 1.82) is 0 Å². The number of nitro benzene ring substituents is 1. The van der Waals surface area contributed by atoms with Crippen molar-refractivity contribution < 1.29 is 23.6 Å². The van der Waals surface area contributed by atoms with Crippen molar-refractivity contribution in [2.75, 3.05) is 12.9 Å². The Bertz CT molecular complexity index is 751. The molecule has 25 heavy (non-hydrogen) atoms. The molecule has 0 saturated carbocycles. The SMILES string of the molecule is COc1ccc([N+](=O)[O-])cc1COC(=O)CCSc1ccc(F)cc1. The minimum absolute atomic E-state index is 0.0984. The largest absolute Gasteiger partial charge is 0.496 e. The van der Waals surface area contributed by atoms with Gasteiger partial charge >= 0.3 is 5.97 Å². The third kappa shape index (κ3) is 5.75. The van der Waals surface area contributed by atoms with E-state index in [1.807, 2.05) is 0 Å². The zero-order valence-corrected chi connectivity index (χ0v) is 14.3. The molecular weight excluding hydrogens is 349 g/mol. The third-order valence-electron chi connectivity index (χ3n) is 3.25. The summed E-state index contributed by atoms with van der Waals surface area (Å²) in [6, 6.07) is 10.1. The third-order valence-corrected chi connectivity index (χ3v) is 4.27. The van der Waals surface area contributed by atoms with Crippen LogP contribution >= 0.6 is 11.8 Å². The molecule has 0 N–H and O–H groups in total. The van der Waals surface area contributed by atoms with E-state index in [4.69, 9.17) is 9.47 Å². The fourth-order valence-electron chi connectivity index (χ4n) is 2.00. The van der Waals surface area contributed by atoms with Gasteiger partial charge in [0.1, 0.15) is 18.2 Å². The number of thioether (sulfide) groups is 1. The molecule has 2 rings (SSSR count). The first-order valence-corrected chi connectivity index (χ1v) is 8.33. The van der Waals surface area contributed by atoms with Gasteiger partial charge in [0, 0.05) is 28.3 Å². The summed E-state index contributed by atoms with van der Waals surface area (Å²) < 4.78 is 23.1. The molecule has 2 aromatic carbocycles. The lowest BCUT2D eigenvalue weighted by Crippen LogP contribution is -2.06. The van der Waals surface area contributed by atoms with E-state index in [-0.39, 0.29) is 24.5 Å². The number of ether oxygens (including phenoxy) is 2. The van der Waals surface area contributed by atoms with Gasteiger partial charge in [0.2, 0.25) is 0 Å². The van der Waals surface area contributed by atoms with Crippen molar-refractivity contribution in [2.45, 2.75) is 17.9 Å². The van der Waals surface area contributed by atoms with Gasteiger partial charge in [0.15, 0.2) is 0 Å². The molecule has 0 fully saturated rings. The molecule has 0 aliphatic carbocycles. The van der Waals surface area contributed by atoms with Crippen molar-refractivity contribution in [2.24, 2.45) is 0 Å². The highest BCUT2D eigenvalue weighted by atomic mass is 32.2. The number of nitro groups is 1. The van der Waals surface area contributed by atoms with Crippen LogP contribution < -0.4 is 4.74 Å². The van der Waals surface area contributed by atoms with Crippen molar-refractivity contribution in [3.63, 3.8) is 0 Å². The number of esters is 1. The van der Waals surface area contributed by atoms with Crippen LogP contribution in [0.2, 0.25) is 0 Å². The Balaban J connectivity index is 1.84. The first-order chi connectivity index (χ1) is 12.0. The zero-order valence-electron chi connectivity index (χ0n) is 13.4. The molecule has 0 unspecified atom stereocenters. The predicted octanol–water partition coefficient (Wildman–Crippen LogP) is 3.97. The summed E-state index contributed by atoms with van der Waals surface area (Å²) in [7, 11) is 1.44. The van der Waals surface area contributed by atoms with Crippen molar-refractivity contribution in [3.8, 4) is 5.75 Å². The molecule has 0 bridgehead atoms. The second kappa shape index (κ2) is 9.03. The molecule has 0 saturated heterocycles. The van der Waals surface area contributed by atoms with Crippen LogP contribution in [-0.2, 0) is 16.1 Å². The van der Waals surface area contributed by atoms with Crippen LogP contribution in [0.4, 0.5) is 10.1 Å². The standard InChI is InChI=1S/C17H16FNO5S/c1-23-16-7-4-14(19(21)22)10-12(16)11-24-17(20)8-9-25-15-5-2-13(18)3-6-15/h2-7,10H,8-9,11H2,1H3.